The van der Waals surface area contributed by atoms with Crippen LogP contribution in [0.2, 0.25) is 5.02 Å². The van der Waals surface area contributed by atoms with Crippen LogP contribution >= 0.6 is 11.6 Å². The Hall–Kier alpha value is -4.34. The first-order valence-electron chi connectivity index (χ1n) is 14.7. The van der Waals surface area contributed by atoms with Gasteiger partial charge in [-0.25, -0.2) is 10.0 Å². The third kappa shape index (κ3) is 6.59. The first kappa shape index (κ1) is 31.1. The summed E-state index contributed by atoms with van der Waals surface area (Å²) in [6.07, 6.45) is 2.00. The standard InChI is InChI=1S/C34H38ClN5O4/c1-4-19-38-23-32(43)39-29(20-25-13-16-27(41)17-14-25)34(44)37(21-26-11-8-12-28(35)33(26)36(2)3)22-30(39)40(38)31(42)18-15-24-9-6-5-7-10-24/h4-14,16-17,29-30,41H,1,15,18-23H2,2-3H3/t29-,30-/m0/s1. The van der Waals surface area contributed by atoms with Crippen LogP contribution in [0.25, 0.3) is 0 Å². The SMILES string of the molecule is C=CCN1CC(=O)N2[C@@H](Cc3ccc(O)cc3)C(=O)N(Cc3cccc(Cl)c3N(C)C)C[C@@H]2N1C(=O)CCc1ccccc1. The number of phenolic OH excluding ortho intramolecular Hbond substituents is 1. The lowest BCUT2D eigenvalue weighted by Gasteiger charge is -2.55. The largest absolute Gasteiger partial charge is 0.508 e. The van der Waals surface area contributed by atoms with Gasteiger partial charge in [-0.05, 0) is 41.3 Å². The minimum absolute atomic E-state index is 0.0436. The maximum absolute atomic E-state index is 14.3. The summed E-state index contributed by atoms with van der Waals surface area (Å²) in [7, 11) is 3.80. The number of para-hydroxylation sites is 1. The van der Waals surface area contributed by atoms with Gasteiger partial charge in [0.1, 0.15) is 18.0 Å². The highest BCUT2D eigenvalue weighted by Crippen LogP contribution is 2.33. The van der Waals surface area contributed by atoms with Crippen molar-refractivity contribution in [3.8, 4) is 5.75 Å². The Balaban J connectivity index is 1.53. The molecule has 5 rings (SSSR count). The summed E-state index contributed by atoms with van der Waals surface area (Å²) in [6, 6.07) is 21.2. The number of hydrogen-bond donors (Lipinski definition) is 1. The number of hydrogen-bond acceptors (Lipinski definition) is 6. The second-order valence-corrected chi connectivity index (χ2v) is 11.8. The summed E-state index contributed by atoms with van der Waals surface area (Å²) < 4.78 is 0. The molecule has 0 spiro atoms. The van der Waals surface area contributed by atoms with Gasteiger partial charge in [0, 0.05) is 40.0 Å². The zero-order valence-corrected chi connectivity index (χ0v) is 25.9. The van der Waals surface area contributed by atoms with Crippen LogP contribution in [-0.2, 0) is 33.8 Å². The first-order valence-corrected chi connectivity index (χ1v) is 15.1. The third-order valence-electron chi connectivity index (χ3n) is 8.14. The van der Waals surface area contributed by atoms with Gasteiger partial charge in [0.15, 0.2) is 0 Å². The molecule has 230 valence electrons. The lowest BCUT2D eigenvalue weighted by molar-refractivity contribution is -0.205. The molecule has 1 N–H and O–H groups in total. The van der Waals surface area contributed by atoms with Gasteiger partial charge >= 0.3 is 0 Å². The Morgan fingerprint density at radius 2 is 1.75 bits per heavy atom. The molecule has 2 heterocycles. The van der Waals surface area contributed by atoms with E-state index in [0.29, 0.717) is 18.0 Å². The Kier molecular flexibility index (Phi) is 9.56. The molecule has 3 aromatic carbocycles. The van der Waals surface area contributed by atoms with Crippen LogP contribution in [0.3, 0.4) is 0 Å². The molecule has 0 aliphatic carbocycles. The summed E-state index contributed by atoms with van der Waals surface area (Å²) in [6.45, 7) is 4.52. The number of nitrogens with zero attached hydrogens (tertiary/aromatic N) is 5. The van der Waals surface area contributed by atoms with Crippen LogP contribution in [0, 0.1) is 0 Å². The van der Waals surface area contributed by atoms with Crippen molar-refractivity contribution in [1.82, 2.24) is 19.8 Å². The molecule has 10 heteroatoms. The lowest BCUT2D eigenvalue weighted by atomic mass is 9.97. The lowest BCUT2D eigenvalue weighted by Crippen LogP contribution is -2.75. The summed E-state index contributed by atoms with van der Waals surface area (Å²) in [5, 5.41) is 13.8. The number of rotatable bonds is 10. The van der Waals surface area contributed by atoms with E-state index in [0.717, 1.165) is 22.4 Å². The van der Waals surface area contributed by atoms with Gasteiger partial charge in [-0.2, -0.15) is 0 Å². The molecule has 3 aromatic rings. The van der Waals surface area contributed by atoms with Gasteiger partial charge in [0.2, 0.25) is 17.7 Å². The molecule has 2 aliphatic rings. The summed E-state index contributed by atoms with van der Waals surface area (Å²) in [5.41, 5.74) is 3.51. The van der Waals surface area contributed by atoms with E-state index in [1.54, 1.807) is 50.2 Å². The van der Waals surface area contributed by atoms with Crippen molar-refractivity contribution in [3.63, 3.8) is 0 Å². The molecule has 9 nitrogen and oxygen atoms in total. The highest BCUT2D eigenvalue weighted by molar-refractivity contribution is 6.33. The number of anilines is 1. The Bertz CT molecular complexity index is 1510. The number of amides is 3. The molecule has 2 fully saturated rings. The van der Waals surface area contributed by atoms with Crippen molar-refractivity contribution < 1.29 is 19.5 Å². The fourth-order valence-electron chi connectivity index (χ4n) is 6.16. The fourth-order valence-corrected chi connectivity index (χ4v) is 6.53. The number of piperazine rings is 1. The van der Waals surface area contributed by atoms with Crippen molar-refractivity contribution in [2.45, 2.75) is 38.0 Å². The fraction of sp³-hybridized carbons (Fsp3) is 0.324. The van der Waals surface area contributed by atoms with E-state index in [-0.39, 0.29) is 55.9 Å². The number of benzene rings is 3. The number of aryl methyl sites for hydroxylation is 1. The van der Waals surface area contributed by atoms with Gasteiger partial charge in [-0.1, -0.05) is 72.3 Å². The third-order valence-corrected chi connectivity index (χ3v) is 8.44. The van der Waals surface area contributed by atoms with Gasteiger partial charge in [0.25, 0.3) is 0 Å². The molecule has 2 saturated heterocycles. The van der Waals surface area contributed by atoms with E-state index >= 15 is 0 Å². The van der Waals surface area contributed by atoms with E-state index in [1.807, 2.05) is 67.5 Å². The zero-order valence-electron chi connectivity index (χ0n) is 25.1. The molecule has 3 amide bonds. The topological polar surface area (TPSA) is 87.6 Å². The molecular formula is C34H38ClN5O4. The monoisotopic (exact) mass is 615 g/mol. The van der Waals surface area contributed by atoms with Crippen LogP contribution in [-0.4, -0.2) is 88.6 Å². The number of carbonyl (C=O) groups excluding carboxylic acids is 3. The maximum atomic E-state index is 14.3. The Morgan fingerprint density at radius 1 is 1.02 bits per heavy atom. The number of aromatic hydroxyl groups is 1. The van der Waals surface area contributed by atoms with Crippen LogP contribution in [0.15, 0.2) is 85.5 Å². The van der Waals surface area contributed by atoms with E-state index in [1.165, 1.54) is 0 Å². The number of hydrazine groups is 1. The number of phenols is 1. The molecule has 0 bridgehead atoms. The molecular weight excluding hydrogens is 578 g/mol. The summed E-state index contributed by atoms with van der Waals surface area (Å²) in [5.74, 6) is -0.448. The van der Waals surface area contributed by atoms with E-state index in [9.17, 15) is 19.5 Å². The number of carbonyl (C=O) groups is 3. The first-order chi connectivity index (χ1) is 21.2. The van der Waals surface area contributed by atoms with Gasteiger partial charge < -0.3 is 19.8 Å². The van der Waals surface area contributed by atoms with Crippen molar-refractivity contribution in [3.05, 3.63) is 107 Å². The molecule has 44 heavy (non-hydrogen) atoms. The van der Waals surface area contributed by atoms with Crippen LogP contribution in [0.4, 0.5) is 5.69 Å². The molecule has 2 aliphatic heterocycles. The molecule has 0 unspecified atom stereocenters. The van der Waals surface area contributed by atoms with Crippen molar-refractivity contribution in [2.24, 2.45) is 0 Å². The summed E-state index contributed by atoms with van der Waals surface area (Å²) >= 11 is 6.57. The molecule has 0 aromatic heterocycles. The van der Waals surface area contributed by atoms with Gasteiger partial charge in [-0.15, -0.1) is 6.58 Å². The van der Waals surface area contributed by atoms with Crippen molar-refractivity contribution >= 4 is 35.0 Å². The average molecular weight is 616 g/mol. The predicted molar refractivity (Wildman–Crippen MR) is 171 cm³/mol. The molecule has 2 atom stereocenters. The van der Waals surface area contributed by atoms with Crippen molar-refractivity contribution in [1.29, 1.82) is 0 Å². The minimum atomic E-state index is -0.844. The maximum Gasteiger partial charge on any atom is 0.246 e. The number of halogens is 1. The average Bonchev–Trinajstić information content (AvgIpc) is 2.99. The highest BCUT2D eigenvalue weighted by atomic mass is 35.5. The smallest absolute Gasteiger partial charge is 0.246 e. The van der Waals surface area contributed by atoms with E-state index in [2.05, 4.69) is 6.58 Å². The van der Waals surface area contributed by atoms with Crippen molar-refractivity contribution in [2.75, 3.05) is 38.6 Å². The van der Waals surface area contributed by atoms with Crippen LogP contribution in [0.5, 0.6) is 5.75 Å². The van der Waals surface area contributed by atoms with E-state index in [4.69, 9.17) is 11.6 Å². The normalized spacial score (nSPS) is 18.8. The second kappa shape index (κ2) is 13.5. The Labute approximate surface area is 263 Å². The molecule has 0 radical (unpaired) electrons. The van der Waals surface area contributed by atoms with Gasteiger partial charge in [-0.3, -0.25) is 14.4 Å². The van der Waals surface area contributed by atoms with E-state index < -0.39 is 12.2 Å². The summed E-state index contributed by atoms with van der Waals surface area (Å²) in [4.78, 5) is 47.3. The minimum Gasteiger partial charge on any atom is -0.508 e. The quantitative estimate of drug-likeness (QED) is 0.346. The second-order valence-electron chi connectivity index (χ2n) is 11.4. The number of fused-ring (bicyclic) bond motifs is 1. The predicted octanol–water partition coefficient (Wildman–Crippen LogP) is 4.10. The molecule has 0 saturated carbocycles. The van der Waals surface area contributed by atoms with Gasteiger partial charge in [0.05, 0.1) is 23.8 Å². The zero-order chi connectivity index (χ0) is 31.4. The Morgan fingerprint density at radius 3 is 2.43 bits per heavy atom. The highest BCUT2D eigenvalue weighted by Gasteiger charge is 2.51. The van der Waals surface area contributed by atoms with Crippen LogP contribution < -0.4 is 4.90 Å². The van der Waals surface area contributed by atoms with Crippen LogP contribution in [0.1, 0.15) is 23.1 Å².